The Labute approximate surface area is 284 Å². The van der Waals surface area contributed by atoms with Gasteiger partial charge in [0.05, 0.1) is 44.7 Å². The molecule has 0 amide bonds. The van der Waals surface area contributed by atoms with Gasteiger partial charge in [0.2, 0.25) is 0 Å². The molecule has 6 saturated heterocycles. The van der Waals surface area contributed by atoms with Crippen molar-refractivity contribution in [1.29, 1.82) is 0 Å². The van der Waals surface area contributed by atoms with E-state index in [-0.39, 0.29) is 19.6 Å². The number of rotatable bonds is 12. The molecule has 0 aromatic rings. The molecule has 8 N–H and O–H groups in total. The number of aliphatic hydroxyl groups is 6. The van der Waals surface area contributed by atoms with Crippen LogP contribution in [0.3, 0.4) is 0 Å². The number of fused-ring (bicyclic) bond motifs is 4. The molecule has 25 heteroatoms. The molecular formula is C25H38O23S2. The summed E-state index contributed by atoms with van der Waals surface area (Å²) in [5.74, 6) is -0.588. The molecule has 0 aliphatic carbocycles. The highest BCUT2D eigenvalue weighted by Gasteiger charge is 2.60. The minimum absolute atomic E-state index is 0.0831. The summed E-state index contributed by atoms with van der Waals surface area (Å²) in [6.45, 7) is -0.909. The molecule has 0 spiro atoms. The minimum Gasteiger partial charge on any atom is -0.394 e. The Kier molecular flexibility index (Phi) is 11.7. The van der Waals surface area contributed by atoms with Gasteiger partial charge in [0.25, 0.3) is 0 Å². The van der Waals surface area contributed by atoms with Crippen molar-refractivity contribution in [2.45, 2.75) is 117 Å². The highest BCUT2D eigenvalue weighted by atomic mass is 32.3. The maximum atomic E-state index is 12.4. The molecule has 23 nitrogen and oxygen atoms in total. The SMILES string of the molecule is [O][C@H]1[C@@H](O)[C@@H](CO)O[C@@H](O[C@@H]2[C@@H]3OC[C@@H]2O[C@H](O[C@@H]2[C@@H](O)[C@H](C[C@@H]4[C@@H]5OC[C@@H]4O[CH][C@@H]5O)O[C@H](CO)[C@@H]2OS(=O)(=O)O)[C@@H]3OS(=O)(=O)O)[C@@H]1O. The summed E-state index contributed by atoms with van der Waals surface area (Å²) in [6, 6.07) is 0. The first-order valence-electron chi connectivity index (χ1n) is 15.4. The zero-order chi connectivity index (χ0) is 36.3. The van der Waals surface area contributed by atoms with Crippen LogP contribution < -0.4 is 0 Å². The van der Waals surface area contributed by atoms with Gasteiger partial charge in [-0.05, 0) is 6.42 Å². The summed E-state index contributed by atoms with van der Waals surface area (Å²) in [4.78, 5) is 0. The third kappa shape index (κ3) is 7.98. The lowest BCUT2D eigenvalue weighted by molar-refractivity contribution is -0.353. The van der Waals surface area contributed by atoms with Gasteiger partial charge < -0.3 is 68.5 Å². The molecule has 0 saturated carbocycles. The van der Waals surface area contributed by atoms with Gasteiger partial charge in [-0.25, -0.2) is 13.5 Å². The van der Waals surface area contributed by atoms with Crippen molar-refractivity contribution in [3.8, 4) is 0 Å². The van der Waals surface area contributed by atoms with Gasteiger partial charge >= 0.3 is 20.8 Å². The smallest absolute Gasteiger partial charge is 0.394 e. The third-order valence-electron chi connectivity index (χ3n) is 9.44. The second-order valence-electron chi connectivity index (χ2n) is 12.6. The van der Waals surface area contributed by atoms with Crippen LogP contribution >= 0.6 is 0 Å². The van der Waals surface area contributed by atoms with E-state index in [4.69, 9.17) is 46.3 Å². The molecule has 6 fully saturated rings. The van der Waals surface area contributed by atoms with E-state index < -0.39 is 150 Å². The summed E-state index contributed by atoms with van der Waals surface area (Å²) in [7, 11) is -10.7. The Bertz CT molecular complexity index is 1380. The van der Waals surface area contributed by atoms with Crippen molar-refractivity contribution in [1.82, 2.24) is 0 Å². The lowest BCUT2D eigenvalue weighted by atomic mass is 9.83. The summed E-state index contributed by atoms with van der Waals surface area (Å²) >= 11 is 0. The largest absolute Gasteiger partial charge is 0.397 e. The van der Waals surface area contributed by atoms with E-state index in [9.17, 15) is 61.7 Å². The molecule has 0 unspecified atom stereocenters. The lowest BCUT2D eigenvalue weighted by Gasteiger charge is -2.48. The van der Waals surface area contributed by atoms with Crippen molar-refractivity contribution < 1.29 is 108 Å². The average molecular weight is 771 g/mol. The summed E-state index contributed by atoms with van der Waals surface area (Å²) < 4.78 is 122. The van der Waals surface area contributed by atoms with E-state index >= 15 is 0 Å². The van der Waals surface area contributed by atoms with Gasteiger partial charge in [0, 0.05) is 5.92 Å². The van der Waals surface area contributed by atoms with Crippen molar-refractivity contribution in [2.24, 2.45) is 5.92 Å². The fourth-order valence-electron chi connectivity index (χ4n) is 7.13. The van der Waals surface area contributed by atoms with E-state index in [0.717, 1.165) is 0 Å². The van der Waals surface area contributed by atoms with E-state index in [1.807, 2.05) is 0 Å². The van der Waals surface area contributed by atoms with Gasteiger partial charge in [-0.15, -0.1) is 0 Å². The standard InChI is InChI=1S/C25H38O23S2/c26-2-10-14(29)16(31)17(32)24(43-10)45-19-13-6-41-22(19)23(48-50(36,37)38)25(44-13)46-21-15(30)9(42-11(3-27)20(21)47-49(33,34)35)1-7-12-5-40-18(7)8(28)4-39-12/h4,7-30,32H,1-3,5-6H2,(H,33,34,35)(H,36,37,38)/t7-,8-,9-,10+,11+,12-,13-,14-,15-,16-,17+,18-,19-,20-,21+,22-,23+,24-,25+/m0/s1. The van der Waals surface area contributed by atoms with Crippen molar-refractivity contribution in [3.63, 3.8) is 0 Å². The van der Waals surface area contributed by atoms with E-state index in [0.29, 0.717) is 0 Å². The first-order chi connectivity index (χ1) is 23.5. The van der Waals surface area contributed by atoms with Crippen molar-refractivity contribution in [2.75, 3.05) is 26.4 Å². The number of ether oxygens (including phenoxy) is 8. The topological polar surface area (TPSA) is 342 Å². The van der Waals surface area contributed by atoms with Gasteiger partial charge in [-0.1, -0.05) is 0 Å². The quantitative estimate of drug-likeness (QED) is 0.0856. The van der Waals surface area contributed by atoms with Crippen LogP contribution in [-0.4, -0.2) is 193 Å². The van der Waals surface area contributed by atoms with Crippen LogP contribution in [0.5, 0.6) is 0 Å². The molecule has 4 bridgehead atoms. The van der Waals surface area contributed by atoms with Gasteiger partial charge in [0.1, 0.15) is 73.8 Å². The minimum atomic E-state index is -5.37. The highest BCUT2D eigenvalue weighted by Crippen LogP contribution is 2.42. The molecule has 0 aromatic carbocycles. The summed E-state index contributed by atoms with van der Waals surface area (Å²) in [5, 5.41) is 74.2. The Hall–Kier alpha value is -0.860. The second kappa shape index (κ2) is 15.1. The first kappa shape index (κ1) is 38.9. The molecule has 6 rings (SSSR count). The third-order valence-corrected chi connectivity index (χ3v) is 10.4. The average Bonchev–Trinajstić information content (AvgIpc) is 3.50. The number of hydrogen-bond acceptors (Lipinski definition) is 20. The van der Waals surface area contributed by atoms with Gasteiger partial charge in [0.15, 0.2) is 24.8 Å². The van der Waals surface area contributed by atoms with Gasteiger partial charge in [-0.2, -0.15) is 16.8 Å². The first-order valence-corrected chi connectivity index (χ1v) is 18.1. The summed E-state index contributed by atoms with van der Waals surface area (Å²) in [5.41, 5.74) is 0. The number of aliphatic hydroxyl groups excluding tert-OH is 6. The van der Waals surface area contributed by atoms with Crippen molar-refractivity contribution >= 4 is 20.8 Å². The maximum absolute atomic E-state index is 12.4. The van der Waals surface area contributed by atoms with E-state index in [1.54, 1.807) is 0 Å². The van der Waals surface area contributed by atoms with Gasteiger partial charge in [-0.3, -0.25) is 9.11 Å². The van der Waals surface area contributed by atoms with Crippen LogP contribution in [0.4, 0.5) is 0 Å². The van der Waals surface area contributed by atoms with Crippen LogP contribution in [0.2, 0.25) is 0 Å². The highest BCUT2D eigenvalue weighted by molar-refractivity contribution is 7.81. The van der Waals surface area contributed by atoms with Crippen molar-refractivity contribution in [3.05, 3.63) is 6.61 Å². The number of hydrogen-bond donors (Lipinski definition) is 8. The van der Waals surface area contributed by atoms with Crippen LogP contribution in [-0.2, 0) is 72.2 Å². The summed E-state index contributed by atoms with van der Waals surface area (Å²) in [6.07, 6.45) is -28.9. The van der Waals surface area contributed by atoms with Crippen LogP contribution in [0.1, 0.15) is 6.42 Å². The molecule has 50 heavy (non-hydrogen) atoms. The Balaban J connectivity index is 1.26. The Morgan fingerprint density at radius 1 is 0.660 bits per heavy atom. The van der Waals surface area contributed by atoms with E-state index in [1.165, 1.54) is 6.61 Å². The maximum Gasteiger partial charge on any atom is 0.397 e. The molecule has 0 aromatic heterocycles. The van der Waals surface area contributed by atoms with Crippen LogP contribution in [0.15, 0.2) is 0 Å². The fraction of sp³-hybridized carbons (Fsp3) is 0.960. The second-order valence-corrected chi connectivity index (χ2v) is 14.7. The molecule has 19 atom stereocenters. The predicted molar refractivity (Wildman–Crippen MR) is 148 cm³/mol. The molecule has 288 valence electrons. The van der Waals surface area contributed by atoms with Crippen LogP contribution in [0, 0.1) is 12.5 Å². The fourth-order valence-corrected chi connectivity index (χ4v) is 8.12. The molecule has 6 aliphatic rings. The monoisotopic (exact) mass is 770 g/mol. The molecule has 2 radical (unpaired) electrons. The van der Waals surface area contributed by atoms with Crippen LogP contribution in [0.25, 0.3) is 0 Å². The van der Waals surface area contributed by atoms with E-state index in [2.05, 4.69) is 0 Å². The normalized spacial score (nSPS) is 49.7. The zero-order valence-corrected chi connectivity index (χ0v) is 27.2. The molecular weight excluding hydrogens is 732 g/mol. The Morgan fingerprint density at radius 2 is 1.28 bits per heavy atom. The zero-order valence-electron chi connectivity index (χ0n) is 25.6. The Morgan fingerprint density at radius 3 is 1.94 bits per heavy atom. The predicted octanol–water partition coefficient (Wildman–Crippen LogP) is -6.06. The lowest BCUT2D eigenvalue weighted by Crippen LogP contribution is -2.65. The molecule has 6 heterocycles. The molecule has 6 aliphatic heterocycles.